The van der Waals surface area contributed by atoms with Crippen LogP contribution in [0.4, 0.5) is 4.79 Å². The summed E-state index contributed by atoms with van der Waals surface area (Å²) in [5, 5.41) is 11.6. The number of nitrogens with zero attached hydrogens (tertiary/aromatic N) is 1. The normalized spacial score (nSPS) is 17.2. The Balaban J connectivity index is 1.26. The number of benzene rings is 2. The van der Waals surface area contributed by atoms with Crippen LogP contribution in [-0.2, 0) is 14.3 Å². The number of carboxylic acids is 1. The first-order chi connectivity index (χ1) is 15.5. The summed E-state index contributed by atoms with van der Waals surface area (Å²) in [5.41, 5.74) is 4.63. The van der Waals surface area contributed by atoms with Crippen LogP contribution >= 0.6 is 0 Å². The van der Waals surface area contributed by atoms with Crippen LogP contribution in [0.15, 0.2) is 60.7 Å². The largest absolute Gasteiger partial charge is 0.481 e. The molecule has 2 aliphatic rings. The summed E-state index contributed by atoms with van der Waals surface area (Å²) in [6, 6.07) is 16.0. The molecule has 166 valence electrons. The van der Waals surface area contributed by atoms with Crippen LogP contribution in [-0.4, -0.2) is 53.7 Å². The number of aliphatic carboxylic acids is 1. The molecule has 2 N–H and O–H groups in total. The van der Waals surface area contributed by atoms with Crippen molar-refractivity contribution in [2.75, 3.05) is 19.7 Å². The Kier molecular flexibility index (Phi) is 6.54. The summed E-state index contributed by atoms with van der Waals surface area (Å²) in [7, 11) is 0. The first kappa shape index (κ1) is 21.6. The zero-order valence-corrected chi connectivity index (χ0v) is 17.7. The van der Waals surface area contributed by atoms with Gasteiger partial charge in [0.2, 0.25) is 5.91 Å². The molecule has 1 heterocycles. The predicted molar refractivity (Wildman–Crippen MR) is 119 cm³/mol. The first-order valence-corrected chi connectivity index (χ1v) is 10.8. The minimum absolute atomic E-state index is 0.00777. The van der Waals surface area contributed by atoms with E-state index in [2.05, 4.69) is 29.6 Å². The van der Waals surface area contributed by atoms with Crippen LogP contribution < -0.4 is 5.32 Å². The molecule has 1 aliphatic carbocycles. The van der Waals surface area contributed by atoms with Gasteiger partial charge in [0.05, 0.1) is 6.42 Å². The van der Waals surface area contributed by atoms with Crippen molar-refractivity contribution in [1.29, 1.82) is 0 Å². The molecule has 0 saturated carbocycles. The summed E-state index contributed by atoms with van der Waals surface area (Å²) in [4.78, 5) is 37.0. The van der Waals surface area contributed by atoms with Crippen molar-refractivity contribution < 1.29 is 24.2 Å². The van der Waals surface area contributed by atoms with E-state index < -0.39 is 12.1 Å². The van der Waals surface area contributed by atoms with Gasteiger partial charge in [-0.15, -0.1) is 0 Å². The Labute approximate surface area is 186 Å². The first-order valence-electron chi connectivity index (χ1n) is 10.8. The van der Waals surface area contributed by atoms with Crippen LogP contribution in [0.3, 0.4) is 0 Å². The lowest BCUT2D eigenvalue weighted by molar-refractivity contribution is -0.139. The predicted octanol–water partition coefficient (Wildman–Crippen LogP) is 3.55. The Morgan fingerprint density at radius 3 is 2.38 bits per heavy atom. The maximum atomic E-state index is 12.3. The summed E-state index contributed by atoms with van der Waals surface area (Å²) in [6.07, 6.45) is 3.84. The molecule has 1 saturated heterocycles. The van der Waals surface area contributed by atoms with Gasteiger partial charge in [0.15, 0.2) is 0 Å². The lowest BCUT2D eigenvalue weighted by Crippen LogP contribution is -2.35. The van der Waals surface area contributed by atoms with E-state index in [1.54, 1.807) is 11.0 Å². The van der Waals surface area contributed by atoms with Crippen molar-refractivity contribution in [3.63, 3.8) is 0 Å². The van der Waals surface area contributed by atoms with Crippen molar-refractivity contribution in [3.05, 3.63) is 71.8 Å². The minimum Gasteiger partial charge on any atom is -0.481 e. The van der Waals surface area contributed by atoms with Crippen LogP contribution in [0, 0.1) is 0 Å². The third-order valence-corrected chi connectivity index (χ3v) is 6.04. The maximum absolute atomic E-state index is 12.3. The van der Waals surface area contributed by atoms with E-state index >= 15 is 0 Å². The quantitative estimate of drug-likeness (QED) is 0.650. The fourth-order valence-corrected chi connectivity index (χ4v) is 4.59. The number of carbonyl (C=O) groups is 3. The fourth-order valence-electron chi connectivity index (χ4n) is 4.59. The molecule has 1 atom stereocenters. The number of nitrogens with one attached hydrogen (secondary N) is 1. The summed E-state index contributed by atoms with van der Waals surface area (Å²) in [5.74, 6) is -1.15. The van der Waals surface area contributed by atoms with Crippen LogP contribution in [0.1, 0.15) is 36.3 Å². The molecule has 0 bridgehead atoms. The van der Waals surface area contributed by atoms with Gasteiger partial charge >= 0.3 is 12.1 Å². The average molecular weight is 434 g/mol. The summed E-state index contributed by atoms with van der Waals surface area (Å²) >= 11 is 0. The monoisotopic (exact) mass is 434 g/mol. The summed E-state index contributed by atoms with van der Waals surface area (Å²) < 4.78 is 5.46. The molecule has 4 rings (SSSR count). The minimum atomic E-state index is -0.907. The Morgan fingerprint density at radius 1 is 1.06 bits per heavy atom. The second kappa shape index (κ2) is 9.68. The highest BCUT2D eigenvalue weighted by Crippen LogP contribution is 2.44. The number of likely N-dealkylation sites (tertiary alicyclic amines) is 1. The second-order valence-corrected chi connectivity index (χ2v) is 8.03. The van der Waals surface area contributed by atoms with Crippen molar-refractivity contribution in [2.24, 2.45) is 0 Å². The molecule has 7 nitrogen and oxygen atoms in total. The van der Waals surface area contributed by atoms with Gasteiger partial charge in [-0.3, -0.25) is 9.59 Å². The molecular formula is C25H26N2O5. The van der Waals surface area contributed by atoms with E-state index in [0.29, 0.717) is 13.0 Å². The SMILES string of the molecule is O=C(O)C[C@H]1CCCN1C(=O)/C=C/CNC(=O)OCC1c2ccccc2-c2ccccc21. The number of hydrogen-bond donors (Lipinski definition) is 2. The molecule has 7 heteroatoms. The number of ether oxygens (including phenoxy) is 1. The lowest BCUT2D eigenvalue weighted by Gasteiger charge is -2.21. The van der Waals surface area contributed by atoms with Gasteiger partial charge in [-0.05, 0) is 35.1 Å². The number of hydrogen-bond acceptors (Lipinski definition) is 4. The van der Waals surface area contributed by atoms with Crippen LogP contribution in [0.5, 0.6) is 0 Å². The highest BCUT2D eigenvalue weighted by atomic mass is 16.5. The smallest absolute Gasteiger partial charge is 0.407 e. The molecule has 32 heavy (non-hydrogen) atoms. The van der Waals surface area contributed by atoms with Gasteiger partial charge < -0.3 is 20.1 Å². The average Bonchev–Trinajstić information content (AvgIpc) is 3.37. The molecule has 0 unspecified atom stereocenters. The molecule has 2 amide bonds. The topological polar surface area (TPSA) is 95.9 Å². The van der Waals surface area contributed by atoms with Crippen molar-refractivity contribution in [1.82, 2.24) is 10.2 Å². The van der Waals surface area contributed by atoms with Crippen LogP contribution in [0.2, 0.25) is 0 Å². The fraction of sp³-hybridized carbons (Fsp3) is 0.320. The van der Waals surface area contributed by atoms with Crippen molar-refractivity contribution >= 4 is 18.0 Å². The van der Waals surface area contributed by atoms with Crippen molar-refractivity contribution in [3.8, 4) is 11.1 Å². The number of fused-ring (bicyclic) bond motifs is 3. The third-order valence-electron chi connectivity index (χ3n) is 6.04. The van der Waals surface area contributed by atoms with E-state index in [0.717, 1.165) is 17.5 Å². The molecule has 0 radical (unpaired) electrons. The second-order valence-electron chi connectivity index (χ2n) is 8.03. The molecular weight excluding hydrogens is 408 g/mol. The van der Waals surface area contributed by atoms with Gasteiger partial charge in [-0.25, -0.2) is 4.79 Å². The molecule has 1 aliphatic heterocycles. The number of carboxylic acid groups (broad SMARTS) is 1. The van der Waals surface area contributed by atoms with E-state index in [-0.39, 0.29) is 37.4 Å². The molecule has 1 fully saturated rings. The highest BCUT2D eigenvalue weighted by molar-refractivity contribution is 5.88. The van der Waals surface area contributed by atoms with Crippen LogP contribution in [0.25, 0.3) is 11.1 Å². The third kappa shape index (κ3) is 4.66. The number of alkyl carbamates (subject to hydrolysis) is 1. The van der Waals surface area contributed by atoms with Gasteiger partial charge in [0.25, 0.3) is 0 Å². The van der Waals surface area contributed by atoms with Gasteiger partial charge in [-0.2, -0.15) is 0 Å². The van der Waals surface area contributed by atoms with E-state index in [4.69, 9.17) is 9.84 Å². The Morgan fingerprint density at radius 2 is 1.72 bits per heavy atom. The van der Waals surface area contributed by atoms with E-state index in [1.165, 1.54) is 17.2 Å². The standard InChI is InChI=1S/C25H26N2O5/c28-23(27-14-6-7-17(27)15-24(29)30)12-5-13-26-25(31)32-16-22-20-10-3-1-8-18(20)19-9-2-4-11-21(19)22/h1-5,8-12,17,22H,6-7,13-16H2,(H,26,31)(H,29,30)/b12-5+/t17-/m1/s1. The number of carbonyl (C=O) groups excluding carboxylic acids is 2. The lowest BCUT2D eigenvalue weighted by atomic mass is 9.98. The van der Waals surface area contributed by atoms with E-state index in [1.807, 2.05) is 24.3 Å². The Bertz CT molecular complexity index is 1000. The highest BCUT2D eigenvalue weighted by Gasteiger charge is 2.30. The van der Waals surface area contributed by atoms with Gasteiger partial charge in [0, 0.05) is 31.1 Å². The zero-order chi connectivity index (χ0) is 22.5. The number of amides is 2. The molecule has 0 aromatic heterocycles. The number of rotatable bonds is 7. The zero-order valence-electron chi connectivity index (χ0n) is 17.7. The summed E-state index contributed by atoms with van der Waals surface area (Å²) in [6.45, 7) is 0.938. The molecule has 0 spiro atoms. The Hall–Kier alpha value is -3.61. The molecule has 2 aromatic carbocycles. The van der Waals surface area contributed by atoms with Crippen molar-refractivity contribution in [2.45, 2.75) is 31.2 Å². The van der Waals surface area contributed by atoms with Gasteiger partial charge in [-0.1, -0.05) is 54.6 Å². The maximum Gasteiger partial charge on any atom is 0.407 e. The molecule has 2 aromatic rings. The van der Waals surface area contributed by atoms with E-state index in [9.17, 15) is 14.4 Å². The van der Waals surface area contributed by atoms with Gasteiger partial charge in [0.1, 0.15) is 6.61 Å².